The number of Topliss-reactive ketones (excluding diaryl/α,β-unsaturated/α-hetero) is 1. The van der Waals surface area contributed by atoms with Crippen LogP contribution in [0.3, 0.4) is 0 Å². The van der Waals surface area contributed by atoms with Gasteiger partial charge in [0, 0.05) is 18.4 Å². The lowest BCUT2D eigenvalue weighted by Crippen LogP contribution is -2.48. The van der Waals surface area contributed by atoms with Crippen LogP contribution < -0.4 is 5.73 Å². The van der Waals surface area contributed by atoms with Crippen LogP contribution in [0.5, 0.6) is 0 Å². The Hall–Kier alpha value is -1.15. The Labute approximate surface area is 103 Å². The molecule has 1 fully saturated rings. The number of nitrogens with two attached hydrogens (primary N) is 1. The van der Waals surface area contributed by atoms with Gasteiger partial charge < -0.3 is 5.73 Å². The predicted octanol–water partition coefficient (Wildman–Crippen LogP) is 2.69. The molecule has 0 heterocycles. The summed E-state index contributed by atoms with van der Waals surface area (Å²) in [6.45, 7) is 4.17. The molecule has 0 atom stereocenters. The standard InChI is InChI=1S/C15H21NO/c1-11-4-5-13(8-12(11)2)9-14(17)10-15(16)6-3-7-15/h4-5,8H,3,6-7,9-10,16H2,1-2H3. The van der Waals surface area contributed by atoms with E-state index in [0.29, 0.717) is 12.8 Å². The maximum absolute atomic E-state index is 11.9. The first kappa shape index (κ1) is 12.3. The van der Waals surface area contributed by atoms with Gasteiger partial charge in [-0.1, -0.05) is 18.2 Å². The van der Waals surface area contributed by atoms with Gasteiger partial charge in [-0.2, -0.15) is 0 Å². The highest BCUT2D eigenvalue weighted by Gasteiger charge is 2.34. The molecule has 0 spiro atoms. The number of ketones is 1. The maximum atomic E-state index is 11.9. The monoisotopic (exact) mass is 231 g/mol. The molecule has 2 rings (SSSR count). The van der Waals surface area contributed by atoms with Crippen LogP contribution >= 0.6 is 0 Å². The largest absolute Gasteiger partial charge is 0.325 e. The summed E-state index contributed by atoms with van der Waals surface area (Å²) in [6, 6.07) is 6.24. The summed E-state index contributed by atoms with van der Waals surface area (Å²) in [4.78, 5) is 11.9. The molecule has 1 aromatic carbocycles. The molecular weight excluding hydrogens is 210 g/mol. The minimum Gasteiger partial charge on any atom is -0.325 e. The minimum absolute atomic E-state index is 0.184. The van der Waals surface area contributed by atoms with E-state index in [1.807, 2.05) is 6.07 Å². The third-order valence-corrected chi connectivity index (χ3v) is 3.87. The number of carbonyl (C=O) groups is 1. The van der Waals surface area contributed by atoms with E-state index in [-0.39, 0.29) is 11.3 Å². The first-order valence-corrected chi connectivity index (χ1v) is 6.35. The van der Waals surface area contributed by atoms with Crippen LogP contribution in [0.2, 0.25) is 0 Å². The van der Waals surface area contributed by atoms with E-state index in [0.717, 1.165) is 18.4 Å². The molecule has 0 amide bonds. The van der Waals surface area contributed by atoms with Crippen LogP contribution in [-0.2, 0) is 11.2 Å². The molecule has 0 radical (unpaired) electrons. The number of benzene rings is 1. The summed E-state index contributed by atoms with van der Waals surface area (Å²) in [5.74, 6) is 0.274. The molecule has 17 heavy (non-hydrogen) atoms. The average Bonchev–Trinajstić information content (AvgIpc) is 2.21. The number of hydrogen-bond donors (Lipinski definition) is 1. The highest BCUT2D eigenvalue weighted by atomic mass is 16.1. The van der Waals surface area contributed by atoms with E-state index < -0.39 is 0 Å². The van der Waals surface area contributed by atoms with Gasteiger partial charge in [0.15, 0.2) is 0 Å². The van der Waals surface area contributed by atoms with Crippen LogP contribution in [0.25, 0.3) is 0 Å². The molecule has 0 saturated heterocycles. The molecule has 1 saturated carbocycles. The fraction of sp³-hybridized carbons (Fsp3) is 0.533. The van der Waals surface area contributed by atoms with Crippen LogP contribution in [0.4, 0.5) is 0 Å². The summed E-state index contributed by atoms with van der Waals surface area (Å²) >= 11 is 0. The summed E-state index contributed by atoms with van der Waals surface area (Å²) in [5, 5.41) is 0. The molecule has 92 valence electrons. The second kappa shape index (κ2) is 4.61. The summed E-state index contributed by atoms with van der Waals surface area (Å²) in [7, 11) is 0. The molecule has 1 aliphatic carbocycles. The van der Waals surface area contributed by atoms with Crippen molar-refractivity contribution in [2.45, 2.75) is 51.5 Å². The van der Waals surface area contributed by atoms with Gasteiger partial charge in [0.2, 0.25) is 0 Å². The third-order valence-electron chi connectivity index (χ3n) is 3.87. The Morgan fingerprint density at radius 1 is 1.29 bits per heavy atom. The van der Waals surface area contributed by atoms with E-state index in [2.05, 4.69) is 26.0 Å². The van der Waals surface area contributed by atoms with Gasteiger partial charge in [-0.05, 0) is 49.8 Å². The van der Waals surface area contributed by atoms with Crippen molar-refractivity contribution in [1.29, 1.82) is 0 Å². The fourth-order valence-electron chi connectivity index (χ4n) is 2.40. The van der Waals surface area contributed by atoms with Crippen molar-refractivity contribution in [3.8, 4) is 0 Å². The van der Waals surface area contributed by atoms with Crippen LogP contribution in [0, 0.1) is 13.8 Å². The topological polar surface area (TPSA) is 43.1 Å². The molecular formula is C15H21NO. The summed E-state index contributed by atoms with van der Waals surface area (Å²) in [6.07, 6.45) is 4.25. The molecule has 1 aromatic rings. The van der Waals surface area contributed by atoms with Crippen LogP contribution in [-0.4, -0.2) is 11.3 Å². The van der Waals surface area contributed by atoms with Crippen molar-refractivity contribution < 1.29 is 4.79 Å². The van der Waals surface area contributed by atoms with Gasteiger partial charge in [-0.25, -0.2) is 0 Å². The Bertz CT molecular complexity index is 433. The highest BCUT2D eigenvalue weighted by Crippen LogP contribution is 2.32. The smallest absolute Gasteiger partial charge is 0.139 e. The summed E-state index contributed by atoms with van der Waals surface area (Å²) < 4.78 is 0. The Morgan fingerprint density at radius 2 is 2.00 bits per heavy atom. The molecule has 0 unspecified atom stereocenters. The van der Waals surface area contributed by atoms with E-state index in [9.17, 15) is 4.79 Å². The Balaban J connectivity index is 1.95. The maximum Gasteiger partial charge on any atom is 0.139 e. The lowest BCUT2D eigenvalue weighted by atomic mass is 9.74. The number of rotatable bonds is 4. The van der Waals surface area contributed by atoms with Gasteiger partial charge in [-0.3, -0.25) is 4.79 Å². The van der Waals surface area contributed by atoms with Crippen molar-refractivity contribution in [3.05, 3.63) is 34.9 Å². The zero-order valence-corrected chi connectivity index (χ0v) is 10.8. The molecule has 2 nitrogen and oxygen atoms in total. The van der Waals surface area contributed by atoms with E-state index in [1.54, 1.807) is 0 Å². The van der Waals surface area contributed by atoms with Crippen molar-refractivity contribution >= 4 is 5.78 Å². The number of hydrogen-bond acceptors (Lipinski definition) is 2. The Kier molecular flexibility index (Phi) is 3.34. The normalized spacial score (nSPS) is 17.6. The van der Waals surface area contributed by atoms with Crippen LogP contribution in [0.1, 0.15) is 42.4 Å². The van der Waals surface area contributed by atoms with Crippen molar-refractivity contribution in [2.75, 3.05) is 0 Å². The van der Waals surface area contributed by atoms with Gasteiger partial charge in [-0.15, -0.1) is 0 Å². The number of aryl methyl sites for hydroxylation is 2. The quantitative estimate of drug-likeness (QED) is 0.865. The fourth-order valence-corrected chi connectivity index (χ4v) is 2.40. The molecule has 1 aliphatic rings. The lowest BCUT2D eigenvalue weighted by molar-refractivity contribution is -0.120. The van der Waals surface area contributed by atoms with Crippen LogP contribution in [0.15, 0.2) is 18.2 Å². The van der Waals surface area contributed by atoms with E-state index >= 15 is 0 Å². The Morgan fingerprint density at radius 3 is 2.53 bits per heavy atom. The zero-order chi connectivity index (χ0) is 12.5. The zero-order valence-electron chi connectivity index (χ0n) is 10.8. The first-order chi connectivity index (χ1) is 7.98. The van der Waals surface area contributed by atoms with Gasteiger partial charge >= 0.3 is 0 Å². The molecule has 0 aliphatic heterocycles. The van der Waals surface area contributed by atoms with Gasteiger partial charge in [0.25, 0.3) is 0 Å². The van der Waals surface area contributed by atoms with Crippen molar-refractivity contribution in [1.82, 2.24) is 0 Å². The predicted molar refractivity (Wildman–Crippen MR) is 70.0 cm³/mol. The second-order valence-corrected chi connectivity index (χ2v) is 5.53. The number of carbonyl (C=O) groups excluding carboxylic acids is 1. The van der Waals surface area contributed by atoms with E-state index in [1.165, 1.54) is 17.5 Å². The van der Waals surface area contributed by atoms with Crippen molar-refractivity contribution in [2.24, 2.45) is 5.73 Å². The van der Waals surface area contributed by atoms with Crippen molar-refractivity contribution in [3.63, 3.8) is 0 Å². The highest BCUT2D eigenvalue weighted by molar-refractivity contribution is 5.82. The molecule has 2 N–H and O–H groups in total. The third kappa shape index (κ3) is 2.95. The second-order valence-electron chi connectivity index (χ2n) is 5.53. The average molecular weight is 231 g/mol. The molecule has 0 bridgehead atoms. The summed E-state index contributed by atoms with van der Waals surface area (Å²) in [5.41, 5.74) is 9.54. The SMILES string of the molecule is Cc1ccc(CC(=O)CC2(N)CCC2)cc1C. The van der Waals surface area contributed by atoms with Gasteiger partial charge in [0.05, 0.1) is 0 Å². The van der Waals surface area contributed by atoms with Gasteiger partial charge in [0.1, 0.15) is 5.78 Å². The minimum atomic E-state index is -0.184. The van der Waals surface area contributed by atoms with E-state index in [4.69, 9.17) is 5.73 Å². The lowest BCUT2D eigenvalue weighted by Gasteiger charge is -2.37. The first-order valence-electron chi connectivity index (χ1n) is 6.35. The molecule has 2 heteroatoms. The molecule has 0 aromatic heterocycles.